The van der Waals surface area contributed by atoms with Gasteiger partial charge in [-0.1, -0.05) is 15.9 Å². The second-order valence-electron chi connectivity index (χ2n) is 2.55. The Kier molecular flexibility index (Phi) is 1.96. The molecule has 0 bridgehead atoms. The van der Waals surface area contributed by atoms with E-state index in [0.717, 1.165) is 20.4 Å². The van der Waals surface area contributed by atoms with Gasteiger partial charge in [0.05, 0.1) is 5.52 Å². The van der Waals surface area contributed by atoms with Gasteiger partial charge >= 0.3 is 0 Å². The molecule has 0 aliphatic rings. The Morgan fingerprint density at radius 1 is 1.42 bits per heavy atom. The van der Waals surface area contributed by atoms with Crippen LogP contribution in [0.4, 0.5) is 0 Å². The number of hydrogen-bond donors (Lipinski definition) is 0. The lowest BCUT2D eigenvalue weighted by atomic mass is 10.4. The van der Waals surface area contributed by atoms with Crippen LogP contribution in [-0.4, -0.2) is 9.38 Å². The monoisotopic (exact) mass is 288 g/mol. The number of imidazole rings is 1. The van der Waals surface area contributed by atoms with Gasteiger partial charge in [0, 0.05) is 10.7 Å². The molecule has 0 fully saturated rings. The molecule has 12 heavy (non-hydrogen) atoms. The van der Waals surface area contributed by atoms with Crippen LogP contribution in [0.25, 0.3) is 5.52 Å². The maximum atomic E-state index is 4.29. The van der Waals surface area contributed by atoms with Gasteiger partial charge in [0.25, 0.3) is 0 Å². The van der Waals surface area contributed by atoms with Crippen molar-refractivity contribution in [2.24, 2.45) is 0 Å². The van der Waals surface area contributed by atoms with Crippen LogP contribution in [0.2, 0.25) is 0 Å². The highest BCUT2D eigenvalue weighted by Crippen LogP contribution is 2.21. The zero-order chi connectivity index (χ0) is 8.72. The molecular formula is C8H6Br2N2. The molecule has 2 heterocycles. The third-order valence-corrected chi connectivity index (χ3v) is 2.81. The van der Waals surface area contributed by atoms with Gasteiger partial charge in [0.1, 0.15) is 10.4 Å². The minimum absolute atomic E-state index is 0.890. The molecule has 62 valence electrons. The molecule has 0 aliphatic heterocycles. The highest BCUT2D eigenvalue weighted by atomic mass is 79.9. The number of pyridine rings is 1. The summed E-state index contributed by atoms with van der Waals surface area (Å²) in [4.78, 5) is 4.29. The molecular weight excluding hydrogens is 284 g/mol. The summed E-state index contributed by atoms with van der Waals surface area (Å²) in [6.45, 7) is 1.98. The summed E-state index contributed by atoms with van der Waals surface area (Å²) in [6, 6.07) is 4.03. The van der Waals surface area contributed by atoms with Gasteiger partial charge in [-0.15, -0.1) is 0 Å². The Bertz CT molecular complexity index is 434. The summed E-state index contributed by atoms with van der Waals surface area (Å²) in [5.41, 5.74) is 1.09. The minimum atomic E-state index is 0.890. The summed E-state index contributed by atoms with van der Waals surface area (Å²) in [7, 11) is 0. The molecule has 0 aromatic carbocycles. The minimum Gasteiger partial charge on any atom is -0.303 e. The summed E-state index contributed by atoms with van der Waals surface area (Å²) in [5.74, 6) is 0.990. The van der Waals surface area contributed by atoms with Crippen molar-refractivity contribution in [2.75, 3.05) is 0 Å². The van der Waals surface area contributed by atoms with Gasteiger partial charge in [0.15, 0.2) is 0 Å². The van der Waals surface area contributed by atoms with Crippen LogP contribution in [0, 0.1) is 6.92 Å². The van der Waals surface area contributed by atoms with Crippen molar-refractivity contribution in [3.8, 4) is 0 Å². The van der Waals surface area contributed by atoms with Gasteiger partial charge in [0.2, 0.25) is 0 Å². The largest absolute Gasteiger partial charge is 0.303 e. The molecule has 0 atom stereocenters. The summed E-state index contributed by atoms with van der Waals surface area (Å²) in [5, 5.41) is 0. The van der Waals surface area contributed by atoms with Crippen molar-refractivity contribution < 1.29 is 0 Å². The Balaban J connectivity index is 2.90. The Morgan fingerprint density at radius 2 is 2.17 bits per heavy atom. The van der Waals surface area contributed by atoms with Crippen LogP contribution < -0.4 is 0 Å². The molecule has 0 aliphatic carbocycles. The standard InChI is InChI=1S/C8H6Br2N2/c1-5-11-8(10)7-4-6(9)2-3-12(5)7/h2-4H,1H3. The van der Waals surface area contributed by atoms with Gasteiger partial charge in [-0.25, -0.2) is 4.98 Å². The first kappa shape index (κ1) is 8.26. The fourth-order valence-corrected chi connectivity index (χ4v) is 2.07. The van der Waals surface area contributed by atoms with Crippen LogP contribution in [-0.2, 0) is 0 Å². The van der Waals surface area contributed by atoms with E-state index in [0.29, 0.717) is 0 Å². The molecule has 2 rings (SSSR count). The highest BCUT2D eigenvalue weighted by molar-refractivity contribution is 9.11. The molecule has 2 aromatic heterocycles. The first-order valence-electron chi connectivity index (χ1n) is 3.48. The van der Waals surface area contributed by atoms with E-state index in [4.69, 9.17) is 0 Å². The molecule has 2 aromatic rings. The molecule has 0 spiro atoms. The second-order valence-corrected chi connectivity index (χ2v) is 4.22. The number of nitrogens with zero attached hydrogens (tertiary/aromatic N) is 2. The smallest absolute Gasteiger partial charge is 0.132 e. The summed E-state index contributed by atoms with van der Waals surface area (Å²) >= 11 is 6.81. The lowest BCUT2D eigenvalue weighted by Crippen LogP contribution is -1.85. The van der Waals surface area contributed by atoms with E-state index >= 15 is 0 Å². The van der Waals surface area contributed by atoms with Crippen LogP contribution >= 0.6 is 31.9 Å². The normalized spacial score (nSPS) is 10.9. The number of halogens is 2. The molecule has 4 heteroatoms. The van der Waals surface area contributed by atoms with Gasteiger partial charge in [-0.05, 0) is 35.0 Å². The average Bonchev–Trinajstić information content (AvgIpc) is 2.28. The van der Waals surface area contributed by atoms with E-state index in [2.05, 4.69) is 36.8 Å². The van der Waals surface area contributed by atoms with Crippen molar-refractivity contribution >= 4 is 37.4 Å². The first-order valence-corrected chi connectivity index (χ1v) is 5.07. The SMILES string of the molecule is Cc1nc(Br)c2cc(Br)ccn12. The number of hydrogen-bond acceptors (Lipinski definition) is 1. The zero-order valence-corrected chi connectivity index (χ0v) is 9.55. The van der Waals surface area contributed by atoms with E-state index in [1.54, 1.807) is 0 Å². The van der Waals surface area contributed by atoms with Gasteiger partial charge < -0.3 is 4.40 Å². The molecule has 0 amide bonds. The van der Waals surface area contributed by atoms with Crippen molar-refractivity contribution in [1.82, 2.24) is 9.38 Å². The molecule has 0 saturated carbocycles. The van der Waals surface area contributed by atoms with Crippen LogP contribution in [0.15, 0.2) is 27.4 Å². The van der Waals surface area contributed by atoms with Crippen LogP contribution in [0.5, 0.6) is 0 Å². The predicted molar refractivity (Wildman–Crippen MR) is 55.3 cm³/mol. The summed E-state index contributed by atoms with van der Waals surface area (Å²) < 4.78 is 3.99. The van der Waals surface area contributed by atoms with E-state index in [9.17, 15) is 0 Å². The Labute approximate surface area is 86.9 Å². The topological polar surface area (TPSA) is 17.3 Å². The van der Waals surface area contributed by atoms with Crippen LogP contribution in [0.1, 0.15) is 5.82 Å². The van der Waals surface area contributed by atoms with E-state index < -0.39 is 0 Å². The first-order chi connectivity index (χ1) is 5.68. The van der Waals surface area contributed by atoms with Crippen molar-refractivity contribution in [1.29, 1.82) is 0 Å². The third-order valence-electron chi connectivity index (χ3n) is 1.74. The summed E-state index contributed by atoms with van der Waals surface area (Å²) in [6.07, 6.45) is 1.99. The fraction of sp³-hybridized carbons (Fsp3) is 0.125. The quantitative estimate of drug-likeness (QED) is 0.728. The number of rotatable bonds is 0. The van der Waals surface area contributed by atoms with Crippen molar-refractivity contribution in [3.63, 3.8) is 0 Å². The second kappa shape index (κ2) is 2.85. The maximum Gasteiger partial charge on any atom is 0.132 e. The zero-order valence-electron chi connectivity index (χ0n) is 6.38. The highest BCUT2D eigenvalue weighted by Gasteiger charge is 2.04. The van der Waals surface area contributed by atoms with Crippen molar-refractivity contribution in [3.05, 3.63) is 33.2 Å². The number of fused-ring (bicyclic) bond motifs is 1. The number of aryl methyl sites for hydroxylation is 1. The predicted octanol–water partition coefficient (Wildman–Crippen LogP) is 3.17. The third kappa shape index (κ3) is 1.19. The number of aromatic nitrogens is 2. The lowest BCUT2D eigenvalue weighted by molar-refractivity contribution is 1.04. The average molecular weight is 290 g/mol. The molecule has 0 saturated heterocycles. The van der Waals surface area contributed by atoms with Gasteiger partial charge in [-0.3, -0.25) is 0 Å². The van der Waals surface area contributed by atoms with Crippen molar-refractivity contribution in [2.45, 2.75) is 6.92 Å². The molecule has 0 N–H and O–H groups in total. The molecule has 2 nitrogen and oxygen atoms in total. The van der Waals surface area contributed by atoms with E-state index in [1.807, 2.05) is 29.7 Å². The van der Waals surface area contributed by atoms with E-state index in [-0.39, 0.29) is 0 Å². The maximum absolute atomic E-state index is 4.29. The fourth-order valence-electron chi connectivity index (χ4n) is 1.17. The lowest BCUT2D eigenvalue weighted by Gasteiger charge is -1.95. The van der Waals surface area contributed by atoms with Crippen LogP contribution in [0.3, 0.4) is 0 Å². The Morgan fingerprint density at radius 3 is 2.92 bits per heavy atom. The van der Waals surface area contributed by atoms with E-state index in [1.165, 1.54) is 0 Å². The molecule has 0 unspecified atom stereocenters. The Hall–Kier alpha value is -0.350. The van der Waals surface area contributed by atoms with Gasteiger partial charge in [-0.2, -0.15) is 0 Å². The molecule has 0 radical (unpaired) electrons.